The SMILES string of the molecule is O=C(Nc1ccccc1)Nc1ncnc2c1ncn2[C@@H]1O[C@H](COP2(=O)OCC(C(=O)O)O2)[C@@H](OP(=O)(O)O)[C@H]1O. The summed E-state index contributed by atoms with van der Waals surface area (Å²) in [7, 11) is -9.57. The molecule has 6 atom stereocenters. The molecule has 0 spiro atoms. The number of phosphoric ester groups is 2. The molecule has 6 N–H and O–H groups in total. The van der Waals surface area contributed by atoms with Crippen molar-refractivity contribution in [2.45, 2.75) is 30.6 Å². The number of benzene rings is 1. The Kier molecular flexibility index (Phi) is 8.18. The van der Waals surface area contributed by atoms with E-state index in [0.717, 1.165) is 6.33 Å². The number of hydrogen-bond donors (Lipinski definition) is 6. The van der Waals surface area contributed by atoms with Crippen LogP contribution in [0.2, 0.25) is 0 Å². The number of aliphatic hydroxyl groups is 1. The van der Waals surface area contributed by atoms with Gasteiger partial charge in [0.15, 0.2) is 29.3 Å². The predicted molar refractivity (Wildman–Crippen MR) is 133 cm³/mol. The van der Waals surface area contributed by atoms with Crippen LogP contribution in [0.4, 0.5) is 16.3 Å². The molecule has 41 heavy (non-hydrogen) atoms. The van der Waals surface area contributed by atoms with Crippen LogP contribution in [0.15, 0.2) is 43.0 Å². The molecule has 5 rings (SSSR count). The molecular weight excluding hydrogens is 594 g/mol. The molecule has 2 unspecified atom stereocenters. The van der Waals surface area contributed by atoms with Crippen LogP contribution in [-0.4, -0.2) is 89.1 Å². The molecule has 3 aromatic rings. The average Bonchev–Trinajstić information content (AvgIpc) is 3.60. The second-order valence-corrected chi connectivity index (χ2v) is 11.4. The summed E-state index contributed by atoms with van der Waals surface area (Å²) in [6.45, 7) is -1.32. The van der Waals surface area contributed by atoms with Gasteiger partial charge in [0.05, 0.1) is 19.5 Å². The van der Waals surface area contributed by atoms with Crippen molar-refractivity contribution in [2.75, 3.05) is 23.8 Å². The van der Waals surface area contributed by atoms with Gasteiger partial charge in [-0.3, -0.25) is 28.0 Å². The molecular formula is C20H22N6O13P2. The fraction of sp³-hybridized carbons (Fsp3) is 0.350. The lowest BCUT2D eigenvalue weighted by molar-refractivity contribution is -0.144. The summed E-state index contributed by atoms with van der Waals surface area (Å²) >= 11 is 0. The number of hydrogen-bond acceptors (Lipinski definition) is 13. The molecule has 2 fully saturated rings. The first-order valence-electron chi connectivity index (χ1n) is 11.6. The number of urea groups is 1. The van der Waals surface area contributed by atoms with Gasteiger partial charge in [0, 0.05) is 5.69 Å². The lowest BCUT2D eigenvalue weighted by Gasteiger charge is -2.21. The summed E-state index contributed by atoms with van der Waals surface area (Å²) in [5, 5.41) is 25.1. The number of carboxylic acids is 1. The molecule has 2 aliphatic rings. The Balaban J connectivity index is 1.35. The maximum Gasteiger partial charge on any atom is 0.475 e. The minimum Gasteiger partial charge on any atom is -0.479 e. The van der Waals surface area contributed by atoms with Crippen LogP contribution in [0, 0.1) is 0 Å². The van der Waals surface area contributed by atoms with Crippen LogP contribution in [0.5, 0.6) is 0 Å². The molecule has 0 radical (unpaired) electrons. The average molecular weight is 616 g/mol. The normalized spacial score (nSPS) is 28.1. The number of amides is 2. The number of fused-ring (bicyclic) bond motifs is 1. The molecule has 2 aliphatic heterocycles. The molecule has 0 bridgehead atoms. The van der Waals surface area contributed by atoms with Gasteiger partial charge < -0.3 is 30.1 Å². The zero-order chi connectivity index (χ0) is 29.4. The number of aromatic nitrogens is 4. The smallest absolute Gasteiger partial charge is 0.475 e. The number of carbonyl (C=O) groups is 2. The largest absolute Gasteiger partial charge is 0.479 e. The minimum atomic E-state index is -5.19. The maximum atomic E-state index is 12.6. The monoisotopic (exact) mass is 616 g/mol. The molecule has 0 aliphatic carbocycles. The van der Waals surface area contributed by atoms with Crippen LogP contribution in [-0.2, 0) is 36.8 Å². The van der Waals surface area contributed by atoms with Gasteiger partial charge in [-0.15, -0.1) is 0 Å². The number of rotatable bonds is 9. The minimum absolute atomic E-state index is 0.000758. The highest BCUT2D eigenvalue weighted by Gasteiger charge is 2.51. The first kappa shape index (κ1) is 29.2. The number of nitrogens with one attached hydrogen (secondary N) is 2. The van der Waals surface area contributed by atoms with Crippen molar-refractivity contribution in [1.29, 1.82) is 0 Å². The van der Waals surface area contributed by atoms with Crippen molar-refractivity contribution >= 4 is 50.3 Å². The van der Waals surface area contributed by atoms with Gasteiger partial charge in [0.1, 0.15) is 24.6 Å². The number of carboxylic acid groups (broad SMARTS) is 1. The molecule has 2 amide bonds. The molecule has 4 heterocycles. The second-order valence-electron chi connectivity index (χ2n) is 8.58. The van der Waals surface area contributed by atoms with E-state index >= 15 is 0 Å². The van der Waals surface area contributed by atoms with E-state index in [-0.39, 0.29) is 17.0 Å². The maximum absolute atomic E-state index is 12.6. The molecule has 0 saturated carbocycles. The lowest BCUT2D eigenvalue weighted by atomic mass is 10.1. The summed E-state index contributed by atoms with van der Waals surface area (Å²) in [6.07, 6.45) is -5.68. The Morgan fingerprint density at radius 1 is 1.17 bits per heavy atom. The standard InChI is InChI=1S/C20H22N6O13P2/c27-14-15(39-40(31,32)33)11(6-35-41(34)36-7-12(38-41)19(28)29)37-18(14)26-9-23-13-16(21-8-22-17(13)26)25-20(30)24-10-4-2-1-3-5-10/h1-5,8-9,11-12,14-15,18,27H,6-7H2,(H,28,29)(H2,31,32,33)(H2,21,22,24,25,30)/t11-,12?,14-,15-,18-,41?/m1/s1. The van der Waals surface area contributed by atoms with Gasteiger partial charge in [0.2, 0.25) is 0 Å². The van der Waals surface area contributed by atoms with Gasteiger partial charge in [-0.25, -0.2) is 33.7 Å². The topological polar surface area (TPSA) is 263 Å². The van der Waals surface area contributed by atoms with Gasteiger partial charge in [-0.2, -0.15) is 0 Å². The van der Waals surface area contributed by atoms with Crippen LogP contribution >= 0.6 is 15.6 Å². The van der Waals surface area contributed by atoms with Crippen molar-refractivity contribution < 1.29 is 61.6 Å². The van der Waals surface area contributed by atoms with Crippen molar-refractivity contribution in [1.82, 2.24) is 19.5 Å². The van der Waals surface area contributed by atoms with E-state index < -0.39 is 71.5 Å². The molecule has 21 heteroatoms. The number of aliphatic carboxylic acids is 1. The predicted octanol–water partition coefficient (Wildman–Crippen LogP) is 0.831. The highest BCUT2D eigenvalue weighted by Crippen LogP contribution is 2.56. The Morgan fingerprint density at radius 3 is 2.61 bits per heavy atom. The van der Waals surface area contributed by atoms with Gasteiger partial charge in [0.25, 0.3) is 0 Å². The second kappa shape index (κ2) is 11.5. The first-order chi connectivity index (χ1) is 19.4. The summed E-state index contributed by atoms with van der Waals surface area (Å²) < 4.78 is 50.5. The Morgan fingerprint density at radius 2 is 1.93 bits per heavy atom. The fourth-order valence-electron chi connectivity index (χ4n) is 4.02. The van der Waals surface area contributed by atoms with Crippen molar-refractivity contribution in [2.24, 2.45) is 0 Å². The molecule has 2 saturated heterocycles. The van der Waals surface area contributed by atoms with Crippen molar-refractivity contribution in [3.05, 3.63) is 43.0 Å². The summed E-state index contributed by atoms with van der Waals surface area (Å²) in [5.74, 6) is -1.44. The number of phosphoric acid groups is 2. The van der Waals surface area contributed by atoms with Crippen molar-refractivity contribution in [3.8, 4) is 0 Å². The zero-order valence-electron chi connectivity index (χ0n) is 20.5. The molecule has 19 nitrogen and oxygen atoms in total. The van der Waals surface area contributed by atoms with Crippen molar-refractivity contribution in [3.63, 3.8) is 0 Å². The first-order valence-corrected chi connectivity index (χ1v) is 14.6. The van der Waals surface area contributed by atoms with E-state index in [4.69, 9.17) is 27.9 Å². The Hall–Kier alpha value is -3.35. The van der Waals surface area contributed by atoms with E-state index in [9.17, 15) is 33.6 Å². The number of aliphatic hydroxyl groups excluding tert-OH is 1. The van der Waals surface area contributed by atoms with E-state index in [0.29, 0.717) is 5.69 Å². The third-order valence-electron chi connectivity index (χ3n) is 5.78. The summed E-state index contributed by atoms with van der Waals surface area (Å²) in [6, 6.07) is 7.95. The number of imidazole rings is 1. The Labute approximate surface area is 229 Å². The van der Waals surface area contributed by atoms with E-state index in [1.54, 1.807) is 30.3 Å². The summed E-state index contributed by atoms with van der Waals surface area (Å²) in [4.78, 5) is 54.6. The molecule has 2 aromatic heterocycles. The van der Waals surface area contributed by atoms with Crippen LogP contribution in [0.1, 0.15) is 6.23 Å². The quantitative estimate of drug-likeness (QED) is 0.182. The van der Waals surface area contributed by atoms with Gasteiger partial charge >= 0.3 is 27.6 Å². The fourth-order valence-corrected chi connectivity index (χ4v) is 5.90. The number of nitrogens with zero attached hydrogens (tertiary/aromatic N) is 4. The van der Waals surface area contributed by atoms with E-state index in [2.05, 4.69) is 25.6 Å². The third kappa shape index (κ3) is 6.60. The third-order valence-corrected chi connectivity index (χ3v) is 7.74. The lowest BCUT2D eigenvalue weighted by Crippen LogP contribution is -2.35. The highest BCUT2D eigenvalue weighted by atomic mass is 31.2. The Bertz CT molecular complexity index is 1530. The van der Waals surface area contributed by atoms with E-state index in [1.165, 1.54) is 10.9 Å². The number of carbonyl (C=O) groups excluding carboxylic acids is 1. The molecule has 220 valence electrons. The highest BCUT2D eigenvalue weighted by molar-refractivity contribution is 7.48. The van der Waals surface area contributed by atoms with Gasteiger partial charge in [-0.1, -0.05) is 18.2 Å². The van der Waals surface area contributed by atoms with Gasteiger partial charge in [-0.05, 0) is 12.1 Å². The zero-order valence-corrected chi connectivity index (χ0v) is 22.3. The number of ether oxygens (including phenoxy) is 1. The van der Waals surface area contributed by atoms with Crippen LogP contribution in [0.25, 0.3) is 11.2 Å². The number of anilines is 2. The summed E-state index contributed by atoms with van der Waals surface area (Å²) in [5.41, 5.74) is 0.646. The van der Waals surface area contributed by atoms with E-state index in [1.807, 2.05) is 0 Å². The number of para-hydroxylation sites is 1. The molecule has 1 aromatic carbocycles. The van der Waals surface area contributed by atoms with Crippen LogP contribution < -0.4 is 10.6 Å². The van der Waals surface area contributed by atoms with Crippen LogP contribution in [0.3, 0.4) is 0 Å².